The van der Waals surface area contributed by atoms with E-state index >= 15 is 0 Å². The predicted octanol–water partition coefficient (Wildman–Crippen LogP) is 2.96. The van der Waals surface area contributed by atoms with Gasteiger partial charge in [-0.05, 0) is 17.5 Å². The highest BCUT2D eigenvalue weighted by Gasteiger charge is 1.92. The van der Waals surface area contributed by atoms with Gasteiger partial charge in [0.1, 0.15) is 4.83 Å². The van der Waals surface area contributed by atoms with Crippen LogP contribution in [0.5, 0.6) is 0 Å². The topological polar surface area (TPSA) is 15.8 Å². The Morgan fingerprint density at radius 2 is 2.30 bits per heavy atom. The summed E-state index contributed by atoms with van der Waals surface area (Å²) in [6.45, 7) is 0. The van der Waals surface area contributed by atoms with Crippen molar-refractivity contribution in [1.29, 1.82) is 0 Å². The van der Waals surface area contributed by atoms with Crippen LogP contribution in [0.25, 0.3) is 10.2 Å². The Morgan fingerprint density at radius 1 is 1.40 bits per heavy atom. The molecule has 1 N–H and O–H groups in total. The smallest absolute Gasteiger partial charge is 0.101 e. The van der Waals surface area contributed by atoms with Crippen LogP contribution in [0.2, 0.25) is 0 Å². The normalized spacial score (nSPS) is 10.4. The molecule has 0 saturated heterocycles. The lowest BCUT2D eigenvalue weighted by molar-refractivity contribution is 1.44. The molecule has 2 heterocycles. The van der Waals surface area contributed by atoms with Gasteiger partial charge >= 0.3 is 0 Å². The fourth-order valence-electron chi connectivity index (χ4n) is 0.898. The Morgan fingerprint density at radius 3 is 3.10 bits per heavy atom. The third-order valence-electron chi connectivity index (χ3n) is 1.38. The summed E-state index contributed by atoms with van der Waals surface area (Å²) in [6, 6.07) is 3.95. The lowest BCUT2D eigenvalue weighted by Crippen LogP contribution is -1.68. The number of hydrogen-bond acceptors (Lipinski definition) is 2. The van der Waals surface area contributed by atoms with E-state index < -0.39 is 0 Å². The van der Waals surface area contributed by atoms with E-state index in [0.29, 0.717) is 0 Å². The van der Waals surface area contributed by atoms with E-state index in [4.69, 9.17) is 12.2 Å². The van der Waals surface area contributed by atoms with Crippen molar-refractivity contribution in [2.24, 2.45) is 0 Å². The number of aromatic amines is 1. The summed E-state index contributed by atoms with van der Waals surface area (Å²) in [7, 11) is 0. The quantitative estimate of drug-likeness (QED) is 0.596. The van der Waals surface area contributed by atoms with Crippen molar-refractivity contribution in [1.82, 2.24) is 4.98 Å². The first-order chi connectivity index (χ1) is 4.88. The largest absolute Gasteiger partial charge is 0.353 e. The van der Waals surface area contributed by atoms with Crippen molar-refractivity contribution in [3.63, 3.8) is 0 Å². The van der Waals surface area contributed by atoms with Crippen molar-refractivity contribution >= 4 is 33.8 Å². The molecule has 0 aliphatic carbocycles. The Bertz CT molecular complexity index is 399. The number of hydrogen-bond donors (Lipinski definition) is 1. The second-order valence-electron chi connectivity index (χ2n) is 2.01. The third-order valence-corrected chi connectivity index (χ3v) is 2.58. The molecule has 0 spiro atoms. The standard InChI is InChI=1S/C7H5NS2/c9-6-1-3-8-7-5(6)2-4-10-7/h1-4H,(H,8,9). The van der Waals surface area contributed by atoms with Gasteiger partial charge in [0.05, 0.1) is 0 Å². The highest BCUT2D eigenvalue weighted by atomic mass is 32.1. The van der Waals surface area contributed by atoms with Gasteiger partial charge in [-0.2, -0.15) is 0 Å². The summed E-state index contributed by atoms with van der Waals surface area (Å²) < 4.78 is 0.926. The van der Waals surface area contributed by atoms with Crippen LogP contribution < -0.4 is 0 Å². The molecule has 0 amide bonds. The third kappa shape index (κ3) is 0.786. The molecule has 10 heavy (non-hydrogen) atoms. The molecule has 2 rings (SSSR count). The van der Waals surface area contributed by atoms with E-state index in [1.165, 1.54) is 0 Å². The maximum Gasteiger partial charge on any atom is 0.101 e. The minimum Gasteiger partial charge on any atom is -0.353 e. The van der Waals surface area contributed by atoms with Crippen molar-refractivity contribution in [3.8, 4) is 0 Å². The lowest BCUT2D eigenvalue weighted by Gasteiger charge is -1.86. The van der Waals surface area contributed by atoms with E-state index in [9.17, 15) is 0 Å². The van der Waals surface area contributed by atoms with Gasteiger partial charge in [-0.25, -0.2) is 0 Å². The molecule has 1 nitrogen and oxygen atoms in total. The molecule has 0 aliphatic heterocycles. The van der Waals surface area contributed by atoms with Gasteiger partial charge in [0.25, 0.3) is 0 Å². The summed E-state index contributed by atoms with van der Waals surface area (Å²) in [5.41, 5.74) is 0. The average molecular weight is 167 g/mol. The van der Waals surface area contributed by atoms with E-state index in [1.54, 1.807) is 11.3 Å². The van der Waals surface area contributed by atoms with Crippen LogP contribution in [0.1, 0.15) is 0 Å². The van der Waals surface area contributed by atoms with Gasteiger partial charge in [0.15, 0.2) is 0 Å². The van der Waals surface area contributed by atoms with Crippen LogP contribution in [-0.4, -0.2) is 4.98 Å². The van der Waals surface area contributed by atoms with Crippen molar-refractivity contribution < 1.29 is 0 Å². The van der Waals surface area contributed by atoms with Crippen LogP contribution in [0, 0.1) is 4.51 Å². The van der Waals surface area contributed by atoms with Gasteiger partial charge in [-0.15, -0.1) is 11.3 Å². The predicted molar refractivity (Wildman–Crippen MR) is 47.0 cm³/mol. The molecule has 0 unspecified atom stereocenters. The first kappa shape index (κ1) is 6.07. The minimum atomic E-state index is 0.926. The number of aromatic nitrogens is 1. The zero-order valence-electron chi connectivity index (χ0n) is 5.13. The zero-order chi connectivity index (χ0) is 6.97. The maximum absolute atomic E-state index is 5.09. The first-order valence-corrected chi connectivity index (χ1v) is 4.21. The van der Waals surface area contributed by atoms with Gasteiger partial charge in [0, 0.05) is 16.1 Å². The molecule has 0 aliphatic rings. The number of H-pyrrole nitrogens is 1. The van der Waals surface area contributed by atoms with Crippen LogP contribution in [0.4, 0.5) is 0 Å². The highest BCUT2D eigenvalue weighted by molar-refractivity contribution is 7.71. The Labute approximate surface area is 67.3 Å². The summed E-state index contributed by atoms with van der Waals surface area (Å²) >= 11 is 6.77. The molecule has 0 aromatic carbocycles. The lowest BCUT2D eigenvalue weighted by atomic mass is 10.3. The average Bonchev–Trinajstić information content (AvgIpc) is 2.36. The maximum atomic E-state index is 5.09. The van der Waals surface area contributed by atoms with Crippen molar-refractivity contribution in [2.75, 3.05) is 0 Å². The molecular formula is C7H5NS2. The Balaban J connectivity index is 3.09. The molecule has 0 fully saturated rings. The van der Waals surface area contributed by atoms with Gasteiger partial charge in [-0.1, -0.05) is 12.2 Å². The van der Waals surface area contributed by atoms with Gasteiger partial charge in [-0.3, -0.25) is 0 Å². The second kappa shape index (κ2) is 2.18. The van der Waals surface area contributed by atoms with Crippen molar-refractivity contribution in [2.45, 2.75) is 0 Å². The summed E-state index contributed by atoms with van der Waals surface area (Å²) in [5, 5.41) is 3.19. The summed E-state index contributed by atoms with van der Waals surface area (Å²) in [4.78, 5) is 4.28. The molecule has 0 bridgehead atoms. The van der Waals surface area contributed by atoms with Crippen LogP contribution in [-0.2, 0) is 0 Å². The molecular weight excluding hydrogens is 162 g/mol. The molecule has 0 atom stereocenters. The van der Waals surface area contributed by atoms with Crippen LogP contribution in [0.3, 0.4) is 0 Å². The number of nitrogens with one attached hydrogen (secondary N) is 1. The minimum absolute atomic E-state index is 0.926. The number of pyridine rings is 1. The van der Waals surface area contributed by atoms with E-state index in [1.807, 2.05) is 23.7 Å². The molecule has 0 saturated carbocycles. The summed E-state index contributed by atoms with van der Waals surface area (Å²) in [5.74, 6) is 0. The first-order valence-electron chi connectivity index (χ1n) is 2.93. The van der Waals surface area contributed by atoms with Gasteiger partial charge < -0.3 is 4.98 Å². The number of fused-ring (bicyclic) bond motifs is 1. The fourth-order valence-corrected chi connectivity index (χ4v) is 1.98. The molecule has 2 aromatic rings. The Kier molecular flexibility index (Phi) is 1.32. The van der Waals surface area contributed by atoms with E-state index in [-0.39, 0.29) is 0 Å². The molecule has 2 aromatic heterocycles. The Hall–Kier alpha value is -0.670. The van der Waals surface area contributed by atoms with Gasteiger partial charge in [0.2, 0.25) is 0 Å². The monoisotopic (exact) mass is 167 g/mol. The fraction of sp³-hybridized carbons (Fsp3) is 0. The summed E-state index contributed by atoms with van der Waals surface area (Å²) in [6.07, 6.45) is 1.88. The second-order valence-corrected chi connectivity index (χ2v) is 3.36. The van der Waals surface area contributed by atoms with Crippen LogP contribution >= 0.6 is 23.6 Å². The molecule has 0 radical (unpaired) electrons. The van der Waals surface area contributed by atoms with Crippen molar-refractivity contribution in [3.05, 3.63) is 28.2 Å². The van der Waals surface area contributed by atoms with E-state index in [2.05, 4.69) is 4.98 Å². The molecule has 3 heteroatoms. The number of thiophene rings is 1. The zero-order valence-corrected chi connectivity index (χ0v) is 6.76. The SMILES string of the molecule is S=c1cc[nH]c2sccc12. The highest BCUT2D eigenvalue weighted by Crippen LogP contribution is 2.18. The van der Waals surface area contributed by atoms with E-state index in [0.717, 1.165) is 14.7 Å². The number of rotatable bonds is 0. The molecule has 50 valence electrons. The van der Waals surface area contributed by atoms with Crippen LogP contribution in [0.15, 0.2) is 23.7 Å².